The van der Waals surface area contributed by atoms with Gasteiger partial charge in [0.1, 0.15) is 4.32 Å². The fraction of sp³-hybridized carbons (Fsp3) is 0.250. The minimum absolute atomic E-state index is 0.548. The molecule has 0 aliphatic heterocycles. The van der Waals surface area contributed by atoms with Gasteiger partial charge in [-0.2, -0.15) is 0 Å². The van der Waals surface area contributed by atoms with Crippen LogP contribution in [0.1, 0.15) is 0 Å². The molecule has 0 atom stereocenters. The first-order valence-corrected chi connectivity index (χ1v) is 4.55. The summed E-state index contributed by atoms with van der Waals surface area (Å²) in [6, 6.07) is 5.99. The normalized spacial score (nSPS) is 9.42. The van der Waals surface area contributed by atoms with Gasteiger partial charge in [0, 0.05) is 12.1 Å². The molecule has 12 heavy (non-hydrogen) atoms. The molecule has 0 amide bonds. The average Bonchev–Trinajstić information content (AvgIpc) is 2.05. The topological polar surface area (TPSA) is 15.9 Å². The number of rotatable bonds is 3. The number of thiol groups is 1. The van der Waals surface area contributed by atoms with E-state index in [9.17, 15) is 0 Å². The van der Waals surface area contributed by atoms with Crippen molar-refractivity contribution in [1.29, 1.82) is 0 Å². The van der Waals surface area contributed by atoms with Crippen LogP contribution in [-0.2, 0) is 6.54 Å². The summed E-state index contributed by atoms with van der Waals surface area (Å²) >= 11 is 8.71. The lowest BCUT2D eigenvalue weighted by molar-refractivity contribution is -0.694. The van der Waals surface area contributed by atoms with E-state index in [0.717, 1.165) is 13.1 Å². The Hall–Kier alpha value is -0.610. The van der Waals surface area contributed by atoms with Crippen LogP contribution in [0, 0.1) is 0 Å². The molecule has 1 rings (SSSR count). The van der Waals surface area contributed by atoms with Crippen molar-refractivity contribution < 1.29 is 4.57 Å². The van der Waals surface area contributed by atoms with Crippen LogP contribution in [0.4, 0.5) is 0 Å². The van der Waals surface area contributed by atoms with Gasteiger partial charge in [-0.15, -0.1) is 12.6 Å². The van der Waals surface area contributed by atoms with Crippen molar-refractivity contribution in [2.75, 3.05) is 6.54 Å². The van der Waals surface area contributed by atoms with E-state index >= 15 is 0 Å². The smallest absolute Gasteiger partial charge is 0.168 e. The predicted molar refractivity (Wildman–Crippen MR) is 56.2 cm³/mol. The molecule has 0 radical (unpaired) electrons. The fourth-order valence-corrected chi connectivity index (χ4v) is 1.09. The van der Waals surface area contributed by atoms with Gasteiger partial charge in [0.2, 0.25) is 0 Å². The van der Waals surface area contributed by atoms with Gasteiger partial charge in [-0.05, 0) is 0 Å². The molecule has 0 bridgehead atoms. The van der Waals surface area contributed by atoms with Gasteiger partial charge in [0.05, 0.1) is 6.54 Å². The SMILES string of the molecule is S=C(S)NCC[n+]1ccccc1. The highest BCUT2D eigenvalue weighted by Gasteiger charge is 1.96. The second kappa shape index (κ2) is 5.11. The maximum atomic E-state index is 4.75. The highest BCUT2D eigenvalue weighted by Crippen LogP contribution is 1.78. The number of thiocarbonyl (C=S) groups is 1. The number of hydrogen-bond donors (Lipinski definition) is 2. The second-order valence-corrected chi connectivity index (χ2v) is 3.50. The van der Waals surface area contributed by atoms with Crippen molar-refractivity contribution >= 4 is 29.2 Å². The van der Waals surface area contributed by atoms with E-state index in [1.54, 1.807) is 0 Å². The van der Waals surface area contributed by atoms with Gasteiger partial charge in [-0.3, -0.25) is 0 Å². The third kappa shape index (κ3) is 3.69. The van der Waals surface area contributed by atoms with E-state index in [0.29, 0.717) is 4.32 Å². The fourth-order valence-electron chi connectivity index (χ4n) is 0.875. The second-order valence-electron chi connectivity index (χ2n) is 2.35. The quantitative estimate of drug-likeness (QED) is 0.425. The maximum Gasteiger partial charge on any atom is 0.168 e. The molecule has 1 heterocycles. The summed E-state index contributed by atoms with van der Waals surface area (Å²) < 4.78 is 2.63. The summed E-state index contributed by atoms with van der Waals surface area (Å²) in [7, 11) is 0. The molecule has 0 fully saturated rings. The number of pyridine rings is 1. The van der Waals surface area contributed by atoms with Crippen LogP contribution in [0.2, 0.25) is 0 Å². The first-order chi connectivity index (χ1) is 5.79. The molecule has 1 aromatic heterocycles. The molecule has 0 unspecified atom stereocenters. The summed E-state index contributed by atoms with van der Waals surface area (Å²) in [5.41, 5.74) is 0. The van der Waals surface area contributed by atoms with Crippen LogP contribution < -0.4 is 9.88 Å². The van der Waals surface area contributed by atoms with Crippen LogP contribution in [0.3, 0.4) is 0 Å². The largest absolute Gasteiger partial charge is 0.365 e. The van der Waals surface area contributed by atoms with Crippen LogP contribution in [0.5, 0.6) is 0 Å². The van der Waals surface area contributed by atoms with Crippen molar-refractivity contribution in [1.82, 2.24) is 5.32 Å². The van der Waals surface area contributed by atoms with Gasteiger partial charge in [-0.25, -0.2) is 4.57 Å². The molecule has 0 aliphatic carbocycles. The zero-order valence-corrected chi connectivity index (χ0v) is 8.31. The van der Waals surface area contributed by atoms with Gasteiger partial charge >= 0.3 is 0 Å². The monoisotopic (exact) mass is 199 g/mol. The van der Waals surface area contributed by atoms with Crippen molar-refractivity contribution in [3.05, 3.63) is 30.6 Å². The first kappa shape index (κ1) is 9.48. The number of aromatic nitrogens is 1. The standard InChI is InChI=1S/C8H10N2S2/c11-8(12)9-4-7-10-5-2-1-3-6-10/h1-3,5-6H,4,7H2,(H-,9,11,12)/p+1. The minimum atomic E-state index is 0.548. The first-order valence-electron chi connectivity index (χ1n) is 3.70. The molecule has 1 aromatic rings. The Kier molecular flexibility index (Phi) is 4.04. The Morgan fingerprint density at radius 1 is 1.33 bits per heavy atom. The Bertz CT molecular complexity index is 248. The highest BCUT2D eigenvalue weighted by atomic mass is 32.1. The molecule has 4 heteroatoms. The zero-order valence-electron chi connectivity index (χ0n) is 6.60. The summed E-state index contributed by atoms with van der Waals surface area (Å²) in [5.74, 6) is 0. The van der Waals surface area contributed by atoms with E-state index in [4.69, 9.17) is 12.2 Å². The van der Waals surface area contributed by atoms with E-state index in [-0.39, 0.29) is 0 Å². The molecule has 0 aromatic carbocycles. The molecule has 0 spiro atoms. The summed E-state index contributed by atoms with van der Waals surface area (Å²) in [6.45, 7) is 1.72. The van der Waals surface area contributed by atoms with Crippen LogP contribution in [0.25, 0.3) is 0 Å². The number of hydrogen-bond acceptors (Lipinski definition) is 1. The van der Waals surface area contributed by atoms with Crippen LogP contribution >= 0.6 is 24.8 Å². The van der Waals surface area contributed by atoms with E-state index in [1.807, 2.05) is 30.6 Å². The number of nitrogens with one attached hydrogen (secondary N) is 1. The van der Waals surface area contributed by atoms with E-state index < -0.39 is 0 Å². The van der Waals surface area contributed by atoms with Crippen molar-refractivity contribution in [2.45, 2.75) is 6.54 Å². The van der Waals surface area contributed by atoms with E-state index in [1.165, 1.54) is 0 Å². The van der Waals surface area contributed by atoms with Gasteiger partial charge in [-0.1, -0.05) is 18.3 Å². The summed E-state index contributed by atoms with van der Waals surface area (Å²) in [4.78, 5) is 0. The molecular weight excluding hydrogens is 188 g/mol. The molecular formula is C8H11N2S2+. The lowest BCUT2D eigenvalue weighted by Crippen LogP contribution is -2.38. The van der Waals surface area contributed by atoms with Crippen LogP contribution in [-0.4, -0.2) is 10.9 Å². The third-order valence-corrected chi connectivity index (χ3v) is 1.73. The lowest BCUT2D eigenvalue weighted by atomic mass is 10.5. The lowest BCUT2D eigenvalue weighted by Gasteiger charge is -1.98. The summed E-state index contributed by atoms with van der Waals surface area (Å²) in [6.07, 6.45) is 4.03. The summed E-state index contributed by atoms with van der Waals surface area (Å²) in [5, 5.41) is 2.97. The van der Waals surface area contributed by atoms with E-state index in [2.05, 4.69) is 22.5 Å². The zero-order chi connectivity index (χ0) is 8.81. The molecule has 1 N–H and O–H groups in total. The molecule has 0 aliphatic rings. The highest BCUT2D eigenvalue weighted by molar-refractivity contribution is 8.11. The Balaban J connectivity index is 2.29. The molecule has 0 saturated heterocycles. The Morgan fingerprint density at radius 2 is 2.00 bits per heavy atom. The van der Waals surface area contributed by atoms with Gasteiger partial charge in [0.25, 0.3) is 0 Å². The Labute approximate surface area is 83.0 Å². The molecule has 0 saturated carbocycles. The maximum absolute atomic E-state index is 4.75. The third-order valence-electron chi connectivity index (χ3n) is 1.42. The average molecular weight is 199 g/mol. The van der Waals surface area contributed by atoms with Crippen molar-refractivity contribution in [3.8, 4) is 0 Å². The number of nitrogens with zero attached hydrogens (tertiary/aromatic N) is 1. The van der Waals surface area contributed by atoms with Crippen LogP contribution in [0.15, 0.2) is 30.6 Å². The van der Waals surface area contributed by atoms with Gasteiger partial charge < -0.3 is 5.32 Å². The Morgan fingerprint density at radius 3 is 2.58 bits per heavy atom. The molecule has 64 valence electrons. The van der Waals surface area contributed by atoms with Gasteiger partial charge in [0.15, 0.2) is 18.9 Å². The predicted octanol–water partition coefficient (Wildman–Crippen LogP) is 0.778. The van der Waals surface area contributed by atoms with Crippen molar-refractivity contribution in [3.63, 3.8) is 0 Å². The van der Waals surface area contributed by atoms with Crippen molar-refractivity contribution in [2.24, 2.45) is 0 Å². The molecule has 2 nitrogen and oxygen atoms in total. The minimum Gasteiger partial charge on any atom is -0.365 e.